The topological polar surface area (TPSA) is 67.6 Å². The number of hydrogen-bond donors (Lipinski definition) is 2. The van der Waals surface area contributed by atoms with Crippen LogP contribution < -0.4 is 15.8 Å². The summed E-state index contributed by atoms with van der Waals surface area (Å²) in [6, 6.07) is 13.4. The number of halogens is 2. The average molecular weight is 454 g/mol. The van der Waals surface area contributed by atoms with Gasteiger partial charge >= 0.3 is 0 Å². The van der Waals surface area contributed by atoms with Crippen LogP contribution in [-0.2, 0) is 6.42 Å². The Balaban J connectivity index is 0.00000225. The summed E-state index contributed by atoms with van der Waals surface area (Å²) in [5, 5.41) is 3.18. The van der Waals surface area contributed by atoms with E-state index in [-0.39, 0.29) is 36.8 Å². The second-order valence-corrected chi connectivity index (χ2v) is 7.28. The summed E-state index contributed by atoms with van der Waals surface area (Å²) < 4.78 is 5.80. The first kappa shape index (κ1) is 26.1. The summed E-state index contributed by atoms with van der Waals surface area (Å²) in [6.45, 7) is 7.90. The van der Waals surface area contributed by atoms with Crippen molar-refractivity contribution in [3.63, 3.8) is 0 Å². The summed E-state index contributed by atoms with van der Waals surface area (Å²) in [6.07, 6.45) is 3.03. The van der Waals surface area contributed by atoms with Crippen LogP contribution in [0, 0.1) is 0 Å². The van der Waals surface area contributed by atoms with Crippen LogP contribution in [-0.4, -0.2) is 37.0 Å². The molecule has 0 spiro atoms. The van der Waals surface area contributed by atoms with Crippen molar-refractivity contribution in [2.45, 2.75) is 39.2 Å². The minimum atomic E-state index is -0.0515. The van der Waals surface area contributed by atoms with Gasteiger partial charge in [0.1, 0.15) is 12.4 Å². The molecule has 2 aromatic rings. The molecular weight excluding hydrogens is 421 g/mol. The zero-order valence-corrected chi connectivity index (χ0v) is 19.4. The molecule has 1 amide bonds. The lowest BCUT2D eigenvalue weighted by Gasteiger charge is -2.26. The number of aryl methyl sites for hydroxylation is 1. The Morgan fingerprint density at radius 3 is 2.50 bits per heavy atom. The first-order valence-corrected chi connectivity index (χ1v) is 10.2. The molecule has 1 aliphatic carbocycles. The number of rotatable bonds is 8. The molecule has 5 nitrogen and oxygen atoms in total. The van der Waals surface area contributed by atoms with E-state index >= 15 is 0 Å². The number of carbonyl (C=O) groups excluding carboxylic acids is 1. The molecule has 3 rings (SSSR count). The first-order chi connectivity index (χ1) is 13.6. The van der Waals surface area contributed by atoms with E-state index in [1.165, 1.54) is 11.1 Å². The highest BCUT2D eigenvalue weighted by atomic mass is 35.5. The molecule has 1 atom stereocenters. The third-order valence-electron chi connectivity index (χ3n) is 5.47. The predicted octanol–water partition coefficient (Wildman–Crippen LogP) is 4.64. The number of nitrogens with one attached hydrogen (secondary N) is 1. The van der Waals surface area contributed by atoms with Crippen LogP contribution in [0.25, 0.3) is 0 Å². The van der Waals surface area contributed by atoms with Crippen molar-refractivity contribution in [2.24, 2.45) is 0 Å². The van der Waals surface area contributed by atoms with Gasteiger partial charge in [-0.25, -0.2) is 0 Å². The zero-order chi connectivity index (χ0) is 19.9. The van der Waals surface area contributed by atoms with Crippen LogP contribution in [0.1, 0.15) is 54.2 Å². The Morgan fingerprint density at radius 2 is 1.83 bits per heavy atom. The lowest BCUT2D eigenvalue weighted by Crippen LogP contribution is -2.31. The summed E-state index contributed by atoms with van der Waals surface area (Å²) in [4.78, 5) is 15.0. The second-order valence-electron chi connectivity index (χ2n) is 7.28. The van der Waals surface area contributed by atoms with E-state index in [4.69, 9.17) is 10.5 Å². The van der Waals surface area contributed by atoms with E-state index in [1.54, 1.807) is 0 Å². The normalized spacial score (nSPS) is 14.8. The van der Waals surface area contributed by atoms with Gasteiger partial charge in [0.15, 0.2) is 0 Å². The molecule has 2 aromatic carbocycles. The van der Waals surface area contributed by atoms with Crippen molar-refractivity contribution in [1.29, 1.82) is 0 Å². The fourth-order valence-corrected chi connectivity index (χ4v) is 3.76. The van der Waals surface area contributed by atoms with Crippen molar-refractivity contribution in [1.82, 2.24) is 10.2 Å². The number of nitrogens with two attached hydrogens (primary N) is 1. The quantitative estimate of drug-likeness (QED) is 0.571. The lowest BCUT2D eigenvalue weighted by atomic mass is 9.87. The Morgan fingerprint density at radius 1 is 1.13 bits per heavy atom. The fraction of sp³-hybridized carbons (Fsp3) is 0.435. The molecule has 0 saturated heterocycles. The molecule has 7 heteroatoms. The van der Waals surface area contributed by atoms with E-state index in [1.807, 2.05) is 42.5 Å². The van der Waals surface area contributed by atoms with E-state index in [2.05, 4.69) is 24.1 Å². The number of fused-ring (bicyclic) bond motifs is 1. The molecule has 0 bridgehead atoms. The summed E-state index contributed by atoms with van der Waals surface area (Å²) in [5.41, 5.74) is 9.76. The van der Waals surface area contributed by atoms with Crippen LogP contribution in [0.15, 0.2) is 42.5 Å². The highest BCUT2D eigenvalue weighted by Crippen LogP contribution is 2.31. The Kier molecular flexibility index (Phi) is 11.0. The third kappa shape index (κ3) is 6.79. The van der Waals surface area contributed by atoms with Gasteiger partial charge in [-0.3, -0.25) is 4.79 Å². The van der Waals surface area contributed by atoms with E-state index < -0.39 is 0 Å². The SMILES string of the molecule is CCN(CC)CCOc1ccc(C(=O)NC2CCCc3cc(N)ccc32)cc1.Cl.Cl. The van der Waals surface area contributed by atoms with Gasteiger partial charge in [-0.2, -0.15) is 0 Å². The number of likely N-dealkylation sites (N-methyl/N-ethyl adjacent to an activating group) is 1. The van der Waals surface area contributed by atoms with Gasteiger partial charge in [0.25, 0.3) is 5.91 Å². The molecule has 0 fully saturated rings. The second kappa shape index (κ2) is 12.7. The van der Waals surface area contributed by atoms with Crippen LogP contribution in [0.5, 0.6) is 5.75 Å². The standard InChI is InChI=1S/C23H31N3O2.2ClH/c1-3-26(4-2)14-15-28-20-11-8-17(9-12-20)23(27)25-22-7-5-6-18-16-19(24)10-13-21(18)22;;/h8-13,16,22H,3-7,14-15,24H2,1-2H3,(H,25,27);2*1H. The van der Waals surface area contributed by atoms with Crippen molar-refractivity contribution in [3.05, 3.63) is 59.2 Å². The number of nitrogen functional groups attached to an aromatic ring is 1. The highest BCUT2D eigenvalue weighted by Gasteiger charge is 2.22. The van der Waals surface area contributed by atoms with Crippen LogP contribution in [0.4, 0.5) is 5.69 Å². The molecule has 1 aliphatic rings. The minimum absolute atomic E-state index is 0. The highest BCUT2D eigenvalue weighted by molar-refractivity contribution is 5.94. The van der Waals surface area contributed by atoms with Gasteiger partial charge in [-0.1, -0.05) is 19.9 Å². The fourth-order valence-electron chi connectivity index (χ4n) is 3.76. The van der Waals surface area contributed by atoms with Gasteiger partial charge < -0.3 is 20.7 Å². The van der Waals surface area contributed by atoms with Gasteiger partial charge in [0.2, 0.25) is 0 Å². The van der Waals surface area contributed by atoms with Crippen molar-refractivity contribution in [2.75, 3.05) is 32.0 Å². The number of ether oxygens (including phenoxy) is 1. The Hall–Kier alpha value is -1.95. The maximum Gasteiger partial charge on any atom is 0.251 e. The molecule has 0 aliphatic heterocycles. The Bertz CT molecular complexity index is 796. The summed E-state index contributed by atoms with van der Waals surface area (Å²) >= 11 is 0. The molecule has 0 saturated carbocycles. The molecule has 0 aromatic heterocycles. The van der Waals surface area contributed by atoms with Crippen LogP contribution in [0.2, 0.25) is 0 Å². The number of benzene rings is 2. The zero-order valence-electron chi connectivity index (χ0n) is 17.7. The predicted molar refractivity (Wildman–Crippen MR) is 128 cm³/mol. The van der Waals surface area contributed by atoms with Gasteiger partial charge in [0.05, 0.1) is 6.04 Å². The van der Waals surface area contributed by atoms with Crippen LogP contribution >= 0.6 is 24.8 Å². The molecule has 0 radical (unpaired) electrons. The number of anilines is 1. The summed E-state index contributed by atoms with van der Waals surface area (Å²) in [7, 11) is 0. The first-order valence-electron chi connectivity index (χ1n) is 10.2. The smallest absolute Gasteiger partial charge is 0.251 e. The van der Waals surface area contributed by atoms with Gasteiger partial charge in [-0.05, 0) is 79.9 Å². The van der Waals surface area contributed by atoms with Gasteiger partial charge in [-0.15, -0.1) is 24.8 Å². The van der Waals surface area contributed by atoms with Gasteiger partial charge in [0, 0.05) is 17.8 Å². The van der Waals surface area contributed by atoms with Crippen molar-refractivity contribution in [3.8, 4) is 5.75 Å². The molecular formula is C23H33Cl2N3O2. The van der Waals surface area contributed by atoms with E-state index in [9.17, 15) is 4.79 Å². The van der Waals surface area contributed by atoms with Crippen molar-refractivity contribution < 1.29 is 9.53 Å². The number of hydrogen-bond acceptors (Lipinski definition) is 4. The molecule has 30 heavy (non-hydrogen) atoms. The minimum Gasteiger partial charge on any atom is -0.492 e. The number of carbonyl (C=O) groups is 1. The lowest BCUT2D eigenvalue weighted by molar-refractivity contribution is 0.0932. The van der Waals surface area contributed by atoms with Crippen LogP contribution in [0.3, 0.4) is 0 Å². The summed E-state index contributed by atoms with van der Waals surface area (Å²) in [5.74, 6) is 0.742. The number of amides is 1. The monoisotopic (exact) mass is 453 g/mol. The molecule has 1 unspecified atom stereocenters. The average Bonchev–Trinajstić information content (AvgIpc) is 2.71. The molecule has 166 valence electrons. The molecule has 3 N–H and O–H groups in total. The number of nitrogens with zero attached hydrogens (tertiary/aromatic N) is 1. The third-order valence-corrected chi connectivity index (χ3v) is 5.47. The van der Waals surface area contributed by atoms with Crippen molar-refractivity contribution >= 4 is 36.4 Å². The maximum absolute atomic E-state index is 12.7. The van der Waals surface area contributed by atoms with E-state index in [0.29, 0.717) is 12.2 Å². The largest absolute Gasteiger partial charge is 0.492 e. The van der Waals surface area contributed by atoms with E-state index in [0.717, 1.165) is 50.3 Å². The molecule has 0 heterocycles. The maximum atomic E-state index is 12.7. The Labute approximate surface area is 192 Å².